The van der Waals surface area contributed by atoms with E-state index in [2.05, 4.69) is 43.9 Å². The Balaban J connectivity index is 2.58. The van der Waals surface area contributed by atoms with E-state index in [9.17, 15) is 0 Å². The second kappa shape index (κ2) is 9.17. The molecule has 0 aliphatic carbocycles. The fraction of sp³-hybridized carbons (Fsp3) is 0.529. The Morgan fingerprint density at radius 3 is 2.74 bits per heavy atom. The summed E-state index contributed by atoms with van der Waals surface area (Å²) in [5, 5.41) is 4.43. The lowest BCUT2D eigenvalue weighted by molar-refractivity contribution is 0.484. The second-order valence-corrected chi connectivity index (χ2v) is 5.47. The summed E-state index contributed by atoms with van der Waals surface area (Å²) >= 11 is 6.37. The second-order valence-electron chi connectivity index (χ2n) is 5.06. The molecule has 1 unspecified atom stereocenters. The Kier molecular flexibility index (Phi) is 7.85. The first-order chi connectivity index (χ1) is 9.19. The number of unbranched alkanes of at least 4 members (excludes halogenated alkanes) is 3. The van der Waals surface area contributed by atoms with Crippen LogP contribution in [0.3, 0.4) is 0 Å². The normalized spacial score (nSPS) is 12.4. The van der Waals surface area contributed by atoms with Gasteiger partial charge in [0, 0.05) is 11.1 Å². The van der Waals surface area contributed by atoms with Crippen molar-refractivity contribution in [3.05, 3.63) is 47.0 Å². The standard InChI is InChI=1S/C17H26ClN/c1-4-6-7-8-9-10-17(19-5-2)15-12-11-14(3)13-16(15)18/h4,11-13,17,19H,1,5-10H2,2-3H3. The van der Waals surface area contributed by atoms with E-state index in [1.54, 1.807) is 0 Å². The average molecular weight is 280 g/mol. The fourth-order valence-corrected chi connectivity index (χ4v) is 2.71. The smallest absolute Gasteiger partial charge is 0.0456 e. The molecule has 1 rings (SSSR count). The average Bonchev–Trinajstić information content (AvgIpc) is 2.38. The van der Waals surface area contributed by atoms with Crippen molar-refractivity contribution in [1.82, 2.24) is 5.32 Å². The molecule has 0 heterocycles. The Morgan fingerprint density at radius 1 is 1.32 bits per heavy atom. The molecule has 1 aromatic carbocycles. The number of halogens is 1. The number of hydrogen-bond donors (Lipinski definition) is 1. The molecule has 0 spiro atoms. The first-order valence-corrected chi connectivity index (χ1v) is 7.67. The quantitative estimate of drug-likeness (QED) is 0.469. The van der Waals surface area contributed by atoms with Gasteiger partial charge in [-0.05, 0) is 49.9 Å². The first-order valence-electron chi connectivity index (χ1n) is 7.29. The van der Waals surface area contributed by atoms with Gasteiger partial charge < -0.3 is 5.32 Å². The van der Waals surface area contributed by atoms with Gasteiger partial charge in [0.05, 0.1) is 0 Å². The van der Waals surface area contributed by atoms with Gasteiger partial charge in [0.15, 0.2) is 0 Å². The van der Waals surface area contributed by atoms with Crippen LogP contribution in [0.1, 0.15) is 56.2 Å². The molecule has 0 fully saturated rings. The van der Waals surface area contributed by atoms with Crippen molar-refractivity contribution in [3.8, 4) is 0 Å². The molecule has 0 aromatic heterocycles. The van der Waals surface area contributed by atoms with Gasteiger partial charge in [-0.2, -0.15) is 0 Å². The number of nitrogens with one attached hydrogen (secondary N) is 1. The van der Waals surface area contributed by atoms with Crippen LogP contribution in [0.5, 0.6) is 0 Å². The van der Waals surface area contributed by atoms with Crippen molar-refractivity contribution in [2.75, 3.05) is 6.54 Å². The highest BCUT2D eigenvalue weighted by Gasteiger charge is 2.13. The topological polar surface area (TPSA) is 12.0 Å². The number of aryl methyl sites for hydroxylation is 1. The van der Waals surface area contributed by atoms with Crippen molar-refractivity contribution in [2.45, 2.75) is 52.0 Å². The summed E-state index contributed by atoms with van der Waals surface area (Å²) < 4.78 is 0. The summed E-state index contributed by atoms with van der Waals surface area (Å²) in [5.41, 5.74) is 2.45. The third-order valence-electron chi connectivity index (χ3n) is 3.38. The van der Waals surface area contributed by atoms with Gasteiger partial charge in [0.2, 0.25) is 0 Å². The Morgan fingerprint density at radius 2 is 2.11 bits per heavy atom. The van der Waals surface area contributed by atoms with E-state index in [4.69, 9.17) is 11.6 Å². The summed E-state index contributed by atoms with van der Waals surface area (Å²) in [6.07, 6.45) is 8.00. The van der Waals surface area contributed by atoms with Gasteiger partial charge in [-0.25, -0.2) is 0 Å². The Hall–Kier alpha value is -0.790. The van der Waals surface area contributed by atoms with E-state index >= 15 is 0 Å². The summed E-state index contributed by atoms with van der Waals surface area (Å²) in [6.45, 7) is 8.96. The van der Waals surface area contributed by atoms with Gasteiger partial charge in [-0.3, -0.25) is 0 Å². The third-order valence-corrected chi connectivity index (χ3v) is 3.71. The summed E-state index contributed by atoms with van der Waals surface area (Å²) in [5.74, 6) is 0. The Labute approximate surface area is 123 Å². The molecular formula is C17H26ClN. The highest BCUT2D eigenvalue weighted by molar-refractivity contribution is 6.31. The number of benzene rings is 1. The van der Waals surface area contributed by atoms with Crippen molar-refractivity contribution >= 4 is 11.6 Å². The molecule has 0 aliphatic rings. The molecule has 1 aromatic rings. The van der Waals surface area contributed by atoms with Gasteiger partial charge >= 0.3 is 0 Å². The lowest BCUT2D eigenvalue weighted by Gasteiger charge is -2.20. The number of rotatable bonds is 9. The van der Waals surface area contributed by atoms with E-state index in [-0.39, 0.29) is 0 Å². The van der Waals surface area contributed by atoms with Crippen LogP contribution in [-0.2, 0) is 0 Å². The first kappa shape index (κ1) is 16.3. The zero-order valence-electron chi connectivity index (χ0n) is 12.2. The summed E-state index contributed by atoms with van der Waals surface area (Å²) in [6, 6.07) is 6.73. The van der Waals surface area contributed by atoms with Crippen LogP contribution in [-0.4, -0.2) is 6.54 Å². The molecule has 1 nitrogen and oxygen atoms in total. The van der Waals surface area contributed by atoms with E-state index in [0.29, 0.717) is 6.04 Å². The number of hydrogen-bond acceptors (Lipinski definition) is 1. The van der Waals surface area contributed by atoms with E-state index in [1.807, 2.05) is 6.08 Å². The molecule has 0 saturated carbocycles. The zero-order chi connectivity index (χ0) is 14.1. The third kappa shape index (κ3) is 5.80. The van der Waals surface area contributed by atoms with Crippen LogP contribution in [0, 0.1) is 6.92 Å². The number of allylic oxidation sites excluding steroid dienone is 1. The van der Waals surface area contributed by atoms with E-state index in [1.165, 1.54) is 30.4 Å². The van der Waals surface area contributed by atoms with E-state index in [0.717, 1.165) is 24.4 Å². The van der Waals surface area contributed by atoms with Gasteiger partial charge in [0.25, 0.3) is 0 Å². The highest BCUT2D eigenvalue weighted by Crippen LogP contribution is 2.27. The molecule has 106 valence electrons. The Bertz CT molecular complexity index is 387. The van der Waals surface area contributed by atoms with Gasteiger partial charge in [-0.15, -0.1) is 6.58 Å². The minimum Gasteiger partial charge on any atom is -0.310 e. The van der Waals surface area contributed by atoms with Crippen LogP contribution in [0.2, 0.25) is 5.02 Å². The van der Waals surface area contributed by atoms with Gasteiger partial charge in [0.1, 0.15) is 0 Å². The lowest BCUT2D eigenvalue weighted by atomic mass is 9.99. The van der Waals surface area contributed by atoms with E-state index < -0.39 is 0 Å². The zero-order valence-corrected chi connectivity index (χ0v) is 13.0. The predicted octanol–water partition coefficient (Wildman–Crippen LogP) is 5.44. The fourth-order valence-electron chi connectivity index (χ4n) is 2.34. The van der Waals surface area contributed by atoms with Crippen LogP contribution in [0.4, 0.5) is 0 Å². The monoisotopic (exact) mass is 279 g/mol. The molecule has 1 atom stereocenters. The molecule has 0 radical (unpaired) electrons. The molecule has 2 heteroatoms. The summed E-state index contributed by atoms with van der Waals surface area (Å²) in [4.78, 5) is 0. The maximum Gasteiger partial charge on any atom is 0.0456 e. The van der Waals surface area contributed by atoms with Crippen LogP contribution >= 0.6 is 11.6 Å². The maximum atomic E-state index is 6.37. The van der Waals surface area contributed by atoms with Crippen LogP contribution in [0.25, 0.3) is 0 Å². The van der Waals surface area contributed by atoms with Crippen LogP contribution < -0.4 is 5.32 Å². The molecular weight excluding hydrogens is 254 g/mol. The summed E-state index contributed by atoms with van der Waals surface area (Å²) in [7, 11) is 0. The van der Waals surface area contributed by atoms with Crippen molar-refractivity contribution in [3.63, 3.8) is 0 Å². The molecule has 0 saturated heterocycles. The lowest BCUT2D eigenvalue weighted by Crippen LogP contribution is -2.21. The minimum absolute atomic E-state index is 0.377. The molecule has 19 heavy (non-hydrogen) atoms. The van der Waals surface area contributed by atoms with Crippen molar-refractivity contribution in [2.24, 2.45) is 0 Å². The van der Waals surface area contributed by atoms with Crippen molar-refractivity contribution in [1.29, 1.82) is 0 Å². The molecule has 1 N–H and O–H groups in total. The highest BCUT2D eigenvalue weighted by atomic mass is 35.5. The predicted molar refractivity (Wildman–Crippen MR) is 85.9 cm³/mol. The van der Waals surface area contributed by atoms with Crippen molar-refractivity contribution < 1.29 is 0 Å². The van der Waals surface area contributed by atoms with Gasteiger partial charge in [-0.1, -0.05) is 49.6 Å². The maximum absolute atomic E-state index is 6.37. The minimum atomic E-state index is 0.377. The molecule has 0 bridgehead atoms. The SMILES string of the molecule is C=CCCCCCC(NCC)c1ccc(C)cc1Cl. The van der Waals surface area contributed by atoms with Crippen LogP contribution in [0.15, 0.2) is 30.9 Å². The molecule has 0 aliphatic heterocycles. The molecule has 0 amide bonds. The largest absolute Gasteiger partial charge is 0.310 e.